The minimum Gasteiger partial charge on any atom is -0.508 e. The molecule has 1 heterocycles. The standard InChI is InChI=1S/C25H27Cl2N5O4/c26-19-12-17(7-3-5-16-6-4-8-18(33)11-16)13-20(27)22(19)23(34)31-21(24(35)36)14-29-25(30-15-28)32-9-1-2-10-32/h4,6,8,11-13,21,33H,1-3,5,7,9-10,14H2,(H,29,30)(H,31,34)(H,35,36)/t21-/m0/s1. The van der Waals surface area contributed by atoms with Crippen molar-refractivity contribution in [2.24, 2.45) is 4.99 Å². The number of likely N-dealkylation sites (tertiary alicyclic amines) is 1. The number of carboxylic acid groups (broad SMARTS) is 1. The van der Waals surface area contributed by atoms with Gasteiger partial charge in [-0.25, -0.2) is 4.79 Å². The van der Waals surface area contributed by atoms with Gasteiger partial charge in [0.15, 0.2) is 0 Å². The van der Waals surface area contributed by atoms with Crippen LogP contribution in [0.25, 0.3) is 0 Å². The number of benzene rings is 2. The van der Waals surface area contributed by atoms with Gasteiger partial charge in [0, 0.05) is 19.6 Å². The largest absolute Gasteiger partial charge is 0.508 e. The number of hydrogen-bond donors (Lipinski definition) is 4. The fourth-order valence-corrected chi connectivity index (χ4v) is 4.72. The lowest BCUT2D eigenvalue weighted by molar-refractivity contribution is -0.139. The minimum absolute atomic E-state index is 0.00762. The Bertz CT molecular complexity index is 1150. The number of aryl methyl sites for hydroxylation is 2. The van der Waals surface area contributed by atoms with E-state index in [1.165, 1.54) is 0 Å². The second-order valence-electron chi connectivity index (χ2n) is 8.43. The fraction of sp³-hybridized carbons (Fsp3) is 0.360. The number of phenolic OH excluding ortho intramolecular Hbond substituents is 1. The van der Waals surface area contributed by atoms with E-state index >= 15 is 0 Å². The molecule has 0 bridgehead atoms. The number of guanidine groups is 1. The van der Waals surface area contributed by atoms with Gasteiger partial charge in [-0.15, -0.1) is 4.99 Å². The van der Waals surface area contributed by atoms with Crippen molar-refractivity contribution in [3.63, 3.8) is 0 Å². The quantitative estimate of drug-likeness (QED) is 0.220. The Morgan fingerprint density at radius 1 is 1.11 bits per heavy atom. The molecule has 0 saturated carbocycles. The molecule has 1 amide bonds. The molecule has 1 aliphatic rings. The molecule has 0 radical (unpaired) electrons. The first-order valence-corrected chi connectivity index (χ1v) is 12.3. The Balaban J connectivity index is 1.62. The molecule has 9 nitrogen and oxygen atoms in total. The average molecular weight is 532 g/mol. The van der Waals surface area contributed by atoms with Gasteiger partial charge in [0.05, 0.1) is 15.6 Å². The summed E-state index contributed by atoms with van der Waals surface area (Å²) in [6.07, 6.45) is 5.79. The summed E-state index contributed by atoms with van der Waals surface area (Å²) in [6, 6.07) is 9.02. The van der Waals surface area contributed by atoms with Gasteiger partial charge in [0.2, 0.25) is 12.2 Å². The molecule has 190 valence electrons. The number of carbonyl (C=O) groups is 2. The van der Waals surface area contributed by atoms with Gasteiger partial charge in [0.1, 0.15) is 11.8 Å². The molecule has 36 heavy (non-hydrogen) atoms. The van der Waals surface area contributed by atoms with E-state index in [-0.39, 0.29) is 33.9 Å². The van der Waals surface area contributed by atoms with Crippen molar-refractivity contribution < 1.29 is 19.8 Å². The number of amides is 1. The number of aromatic hydroxyl groups is 1. The number of halogens is 2. The number of aliphatic imine (C=N–C) groups is 1. The van der Waals surface area contributed by atoms with Crippen LogP contribution in [0.5, 0.6) is 5.75 Å². The number of nitriles is 1. The molecular formula is C25H27Cl2N5O4. The van der Waals surface area contributed by atoms with Gasteiger partial charge in [-0.3, -0.25) is 4.79 Å². The molecule has 0 aromatic heterocycles. The summed E-state index contributed by atoms with van der Waals surface area (Å²) in [5, 5.41) is 33.7. The van der Waals surface area contributed by atoms with Gasteiger partial charge < -0.3 is 25.7 Å². The third-order valence-corrected chi connectivity index (χ3v) is 6.40. The summed E-state index contributed by atoms with van der Waals surface area (Å²) < 4.78 is 0. The van der Waals surface area contributed by atoms with Gasteiger partial charge in [-0.2, -0.15) is 5.26 Å². The number of nitrogens with zero attached hydrogens (tertiary/aromatic N) is 3. The number of phenols is 1. The third kappa shape index (κ3) is 7.51. The first-order valence-electron chi connectivity index (χ1n) is 11.5. The Hall–Kier alpha value is -3.48. The second-order valence-corrected chi connectivity index (χ2v) is 9.25. The lowest BCUT2D eigenvalue weighted by Crippen LogP contribution is -2.51. The van der Waals surface area contributed by atoms with Crippen molar-refractivity contribution in [1.82, 2.24) is 15.5 Å². The van der Waals surface area contributed by atoms with E-state index in [1.54, 1.807) is 36.5 Å². The number of nitrogens with one attached hydrogen (secondary N) is 2. The zero-order chi connectivity index (χ0) is 26.1. The number of rotatable bonds is 9. The van der Waals surface area contributed by atoms with E-state index < -0.39 is 17.9 Å². The van der Waals surface area contributed by atoms with Crippen molar-refractivity contribution in [2.45, 2.75) is 38.1 Å². The zero-order valence-corrected chi connectivity index (χ0v) is 21.0. The second kappa shape index (κ2) is 13.0. The van der Waals surface area contributed by atoms with Crippen LogP contribution in [0.1, 0.15) is 40.7 Å². The van der Waals surface area contributed by atoms with E-state index in [9.17, 15) is 19.8 Å². The van der Waals surface area contributed by atoms with Crippen LogP contribution in [0.15, 0.2) is 41.4 Å². The summed E-state index contributed by atoms with van der Waals surface area (Å²) in [6.45, 7) is 1.24. The van der Waals surface area contributed by atoms with Crippen molar-refractivity contribution in [1.29, 1.82) is 5.26 Å². The van der Waals surface area contributed by atoms with Crippen LogP contribution in [0.3, 0.4) is 0 Å². The van der Waals surface area contributed by atoms with Crippen molar-refractivity contribution in [3.05, 3.63) is 63.1 Å². The van der Waals surface area contributed by atoms with E-state index in [0.717, 1.165) is 36.8 Å². The fourth-order valence-electron chi connectivity index (χ4n) is 4.02. The van der Waals surface area contributed by atoms with Crippen molar-refractivity contribution >= 4 is 41.0 Å². The average Bonchev–Trinajstić information content (AvgIpc) is 3.35. The van der Waals surface area contributed by atoms with Crippen LogP contribution >= 0.6 is 23.2 Å². The summed E-state index contributed by atoms with van der Waals surface area (Å²) >= 11 is 12.7. The predicted octanol–water partition coefficient (Wildman–Crippen LogP) is 3.58. The predicted molar refractivity (Wildman–Crippen MR) is 137 cm³/mol. The van der Waals surface area contributed by atoms with Gasteiger partial charge >= 0.3 is 5.97 Å². The zero-order valence-electron chi connectivity index (χ0n) is 19.5. The SMILES string of the molecule is N#C/N=C(/NC[C@H](NC(=O)c1c(Cl)cc(CCCc2cccc(O)c2)cc1Cl)C(=O)O)N1CCCC1. The van der Waals surface area contributed by atoms with Crippen LogP contribution in [-0.2, 0) is 17.6 Å². The van der Waals surface area contributed by atoms with Gasteiger partial charge in [0.25, 0.3) is 5.91 Å². The maximum absolute atomic E-state index is 12.9. The third-order valence-electron chi connectivity index (χ3n) is 5.80. The Labute approximate surface area is 219 Å². The first-order chi connectivity index (χ1) is 17.3. The maximum Gasteiger partial charge on any atom is 0.328 e. The van der Waals surface area contributed by atoms with E-state index in [1.807, 2.05) is 11.0 Å². The molecule has 0 spiro atoms. The van der Waals surface area contributed by atoms with Gasteiger partial charge in [-0.05, 0) is 67.5 Å². The lowest BCUT2D eigenvalue weighted by atomic mass is 10.0. The molecule has 0 aliphatic carbocycles. The molecule has 11 heteroatoms. The molecule has 2 aromatic carbocycles. The Morgan fingerprint density at radius 2 is 1.78 bits per heavy atom. The van der Waals surface area contributed by atoms with Crippen molar-refractivity contribution in [2.75, 3.05) is 19.6 Å². The highest BCUT2D eigenvalue weighted by atomic mass is 35.5. The molecule has 1 atom stereocenters. The van der Waals surface area contributed by atoms with Crippen molar-refractivity contribution in [3.8, 4) is 11.9 Å². The Kier molecular flexibility index (Phi) is 9.79. The van der Waals surface area contributed by atoms with E-state index in [0.29, 0.717) is 19.5 Å². The molecule has 4 N–H and O–H groups in total. The number of carbonyl (C=O) groups excluding carboxylic acids is 1. The molecular weight excluding hydrogens is 505 g/mol. The molecule has 1 fully saturated rings. The number of aliphatic carboxylic acids is 1. The van der Waals surface area contributed by atoms with Crippen LogP contribution in [0.4, 0.5) is 0 Å². The highest BCUT2D eigenvalue weighted by Gasteiger charge is 2.25. The van der Waals surface area contributed by atoms with Crippen LogP contribution in [0, 0.1) is 11.5 Å². The smallest absolute Gasteiger partial charge is 0.328 e. The van der Waals surface area contributed by atoms with Crippen LogP contribution < -0.4 is 10.6 Å². The monoisotopic (exact) mass is 531 g/mol. The number of carboxylic acids is 1. The first kappa shape index (κ1) is 27.1. The van der Waals surface area contributed by atoms with E-state index in [2.05, 4.69) is 15.6 Å². The van der Waals surface area contributed by atoms with Crippen LogP contribution in [0.2, 0.25) is 10.0 Å². The molecule has 3 rings (SSSR count). The molecule has 1 aliphatic heterocycles. The number of hydrogen-bond acceptors (Lipinski definition) is 5. The highest BCUT2D eigenvalue weighted by molar-refractivity contribution is 6.39. The summed E-state index contributed by atoms with van der Waals surface area (Å²) in [5.41, 5.74) is 1.83. The normalized spacial score (nSPS) is 14.2. The topological polar surface area (TPSA) is 138 Å². The highest BCUT2D eigenvalue weighted by Crippen LogP contribution is 2.28. The summed E-state index contributed by atoms with van der Waals surface area (Å²) in [7, 11) is 0. The summed E-state index contributed by atoms with van der Waals surface area (Å²) in [4.78, 5) is 30.3. The minimum atomic E-state index is -1.31. The van der Waals surface area contributed by atoms with Gasteiger partial charge in [-0.1, -0.05) is 35.3 Å². The lowest BCUT2D eigenvalue weighted by Gasteiger charge is -2.22. The molecule has 1 saturated heterocycles. The Morgan fingerprint density at radius 3 is 2.39 bits per heavy atom. The summed E-state index contributed by atoms with van der Waals surface area (Å²) in [5.74, 6) is -1.48. The van der Waals surface area contributed by atoms with E-state index in [4.69, 9.17) is 28.5 Å². The maximum atomic E-state index is 12.9. The van der Waals surface area contributed by atoms with Crippen LogP contribution in [-0.4, -0.2) is 58.6 Å². The molecule has 0 unspecified atom stereocenters. The molecule has 2 aromatic rings.